The minimum atomic E-state index is -3.76. The lowest BCUT2D eigenvalue weighted by atomic mass is 10.1. The highest BCUT2D eigenvalue weighted by Crippen LogP contribution is 2.26. The molecule has 0 spiro atoms. The Balaban J connectivity index is 0.00000220. The summed E-state index contributed by atoms with van der Waals surface area (Å²) in [7, 11) is -3.76. The zero-order chi connectivity index (χ0) is 14.8. The average Bonchev–Trinajstić information content (AvgIpc) is 2.85. The maximum absolute atomic E-state index is 13.2. The number of nitrogens with one attached hydrogen (secondary N) is 1. The van der Waals surface area contributed by atoms with Gasteiger partial charge in [-0.05, 0) is 43.5 Å². The third kappa shape index (κ3) is 3.92. The number of nitrogens with two attached hydrogens (primary N) is 1. The fourth-order valence-corrected chi connectivity index (χ4v) is 3.86. The van der Waals surface area contributed by atoms with Crippen molar-refractivity contribution in [1.82, 2.24) is 4.72 Å². The Morgan fingerprint density at radius 1 is 1.43 bits per heavy atom. The van der Waals surface area contributed by atoms with Gasteiger partial charge in [0.05, 0.1) is 10.5 Å². The highest BCUT2D eigenvalue weighted by molar-refractivity contribution is 7.89. The summed E-state index contributed by atoms with van der Waals surface area (Å²) in [6.45, 7) is 0.431. The minimum absolute atomic E-state index is 0. The lowest BCUT2D eigenvalue weighted by Gasteiger charge is -2.19. The maximum atomic E-state index is 13.2. The Morgan fingerprint density at radius 2 is 2.14 bits per heavy atom. The van der Waals surface area contributed by atoms with Gasteiger partial charge in [0.15, 0.2) is 0 Å². The Bertz CT molecular complexity index is 645. The number of hydrogen-bond donors (Lipinski definition) is 2. The number of hydrogen-bond acceptors (Lipinski definition) is 4. The fourth-order valence-electron chi connectivity index (χ4n) is 2.50. The van der Waals surface area contributed by atoms with Crippen LogP contribution in [0.4, 0.5) is 4.39 Å². The van der Waals surface area contributed by atoms with E-state index in [-0.39, 0.29) is 34.8 Å². The molecule has 1 aliphatic carbocycles. The third-order valence-corrected chi connectivity index (χ3v) is 5.12. The molecule has 21 heavy (non-hydrogen) atoms. The van der Waals surface area contributed by atoms with Gasteiger partial charge in [-0.3, -0.25) is 0 Å². The molecule has 0 aliphatic heterocycles. The van der Waals surface area contributed by atoms with Crippen molar-refractivity contribution in [1.29, 1.82) is 5.26 Å². The molecular formula is C13H17ClFN3O2S. The highest BCUT2D eigenvalue weighted by atomic mass is 35.5. The molecule has 5 nitrogen and oxygen atoms in total. The van der Waals surface area contributed by atoms with E-state index < -0.39 is 15.8 Å². The molecule has 0 heterocycles. The number of halogens is 2. The molecule has 1 aliphatic rings. The lowest BCUT2D eigenvalue weighted by molar-refractivity contribution is 0.453. The largest absolute Gasteiger partial charge is 0.330 e. The van der Waals surface area contributed by atoms with E-state index in [1.807, 2.05) is 0 Å². The van der Waals surface area contributed by atoms with E-state index in [9.17, 15) is 12.8 Å². The SMILES string of the molecule is Cl.N#Cc1cc(S(=O)(=O)NC2CCCC2CN)ccc1F. The van der Waals surface area contributed by atoms with Gasteiger partial charge in [0, 0.05) is 6.04 Å². The number of benzene rings is 1. The van der Waals surface area contributed by atoms with Gasteiger partial charge in [-0.25, -0.2) is 17.5 Å². The van der Waals surface area contributed by atoms with Crippen LogP contribution in [-0.2, 0) is 10.0 Å². The Kier molecular flexibility index (Phi) is 6.10. The molecule has 2 unspecified atom stereocenters. The molecule has 1 aromatic rings. The van der Waals surface area contributed by atoms with Crippen molar-refractivity contribution in [3.8, 4) is 6.07 Å². The van der Waals surface area contributed by atoms with Gasteiger partial charge >= 0.3 is 0 Å². The Hall–Kier alpha value is -1.20. The summed E-state index contributed by atoms with van der Waals surface area (Å²) < 4.78 is 40.3. The molecule has 0 aromatic heterocycles. The van der Waals surface area contributed by atoms with Crippen LogP contribution in [0.3, 0.4) is 0 Å². The van der Waals surface area contributed by atoms with Gasteiger partial charge in [0.2, 0.25) is 10.0 Å². The monoisotopic (exact) mass is 333 g/mol. The van der Waals surface area contributed by atoms with E-state index >= 15 is 0 Å². The van der Waals surface area contributed by atoms with Gasteiger partial charge in [0.25, 0.3) is 0 Å². The van der Waals surface area contributed by atoms with E-state index in [1.165, 1.54) is 0 Å². The highest BCUT2D eigenvalue weighted by Gasteiger charge is 2.30. The normalized spacial score (nSPS) is 21.6. The van der Waals surface area contributed by atoms with Crippen LogP contribution in [0.25, 0.3) is 0 Å². The molecule has 1 aromatic carbocycles. The summed E-state index contributed by atoms with van der Waals surface area (Å²) in [5, 5.41) is 8.75. The van der Waals surface area contributed by atoms with Crippen LogP contribution in [0.5, 0.6) is 0 Å². The van der Waals surface area contributed by atoms with Gasteiger partial charge in [0.1, 0.15) is 11.9 Å². The van der Waals surface area contributed by atoms with Crippen molar-refractivity contribution in [3.05, 3.63) is 29.6 Å². The predicted molar refractivity (Wildman–Crippen MR) is 78.9 cm³/mol. The molecule has 0 amide bonds. The summed E-state index contributed by atoms with van der Waals surface area (Å²) >= 11 is 0. The number of sulfonamides is 1. The van der Waals surface area contributed by atoms with Gasteiger partial charge < -0.3 is 5.73 Å². The van der Waals surface area contributed by atoms with Crippen LogP contribution in [0.1, 0.15) is 24.8 Å². The molecule has 1 fully saturated rings. The van der Waals surface area contributed by atoms with Crippen molar-refractivity contribution in [2.24, 2.45) is 11.7 Å². The zero-order valence-corrected chi connectivity index (χ0v) is 12.9. The van der Waals surface area contributed by atoms with Crippen molar-refractivity contribution >= 4 is 22.4 Å². The predicted octanol–water partition coefficient (Wildman–Crippen LogP) is 1.52. The molecule has 116 valence electrons. The second-order valence-electron chi connectivity index (χ2n) is 4.91. The second kappa shape index (κ2) is 7.18. The molecule has 0 bridgehead atoms. The van der Waals surface area contributed by atoms with Crippen LogP contribution in [0.2, 0.25) is 0 Å². The topological polar surface area (TPSA) is 96.0 Å². The number of nitrogens with zero attached hydrogens (tertiary/aromatic N) is 1. The quantitative estimate of drug-likeness (QED) is 0.873. The minimum Gasteiger partial charge on any atom is -0.330 e. The van der Waals surface area contributed by atoms with Crippen molar-refractivity contribution in [2.45, 2.75) is 30.2 Å². The van der Waals surface area contributed by atoms with E-state index in [4.69, 9.17) is 11.0 Å². The molecule has 8 heteroatoms. The molecule has 0 saturated heterocycles. The van der Waals surface area contributed by atoms with Crippen molar-refractivity contribution in [2.75, 3.05) is 6.54 Å². The molecule has 3 N–H and O–H groups in total. The van der Waals surface area contributed by atoms with Gasteiger partial charge in [-0.15, -0.1) is 12.4 Å². The van der Waals surface area contributed by atoms with Crippen LogP contribution in [0, 0.1) is 23.1 Å². The first kappa shape index (κ1) is 17.9. The first-order valence-corrected chi connectivity index (χ1v) is 7.88. The molecule has 0 radical (unpaired) electrons. The molecule has 1 saturated carbocycles. The maximum Gasteiger partial charge on any atom is 0.240 e. The number of nitriles is 1. The van der Waals surface area contributed by atoms with Gasteiger partial charge in [-0.1, -0.05) is 6.42 Å². The first-order chi connectivity index (χ1) is 9.47. The van der Waals surface area contributed by atoms with Crippen LogP contribution in [0.15, 0.2) is 23.1 Å². The smallest absolute Gasteiger partial charge is 0.240 e. The fraction of sp³-hybridized carbons (Fsp3) is 0.462. The Morgan fingerprint density at radius 3 is 2.76 bits per heavy atom. The van der Waals surface area contributed by atoms with Crippen LogP contribution in [-0.4, -0.2) is 21.0 Å². The number of rotatable bonds is 4. The van der Waals surface area contributed by atoms with E-state index in [0.717, 1.165) is 37.5 Å². The second-order valence-corrected chi connectivity index (χ2v) is 6.62. The molecular weight excluding hydrogens is 317 g/mol. The Labute approximate surface area is 129 Å². The zero-order valence-electron chi connectivity index (χ0n) is 11.3. The lowest BCUT2D eigenvalue weighted by Crippen LogP contribution is -2.39. The molecule has 2 atom stereocenters. The standard InChI is InChI=1S/C13H16FN3O2S.ClH/c14-12-5-4-11(6-10(12)8-16)20(18,19)17-13-3-1-2-9(13)7-15;/h4-6,9,13,17H,1-3,7,15H2;1H. The van der Waals surface area contributed by atoms with Crippen molar-refractivity contribution < 1.29 is 12.8 Å². The summed E-state index contributed by atoms with van der Waals surface area (Å²) in [5.74, 6) is -0.604. The van der Waals surface area contributed by atoms with Crippen molar-refractivity contribution in [3.63, 3.8) is 0 Å². The van der Waals surface area contributed by atoms with E-state index in [1.54, 1.807) is 6.07 Å². The van der Waals surface area contributed by atoms with E-state index in [0.29, 0.717) is 6.54 Å². The summed E-state index contributed by atoms with van der Waals surface area (Å²) in [4.78, 5) is -0.0990. The molecule has 2 rings (SSSR count). The average molecular weight is 334 g/mol. The van der Waals surface area contributed by atoms with Crippen LogP contribution < -0.4 is 10.5 Å². The summed E-state index contributed by atoms with van der Waals surface area (Å²) in [5.41, 5.74) is 5.34. The first-order valence-electron chi connectivity index (χ1n) is 6.40. The summed E-state index contributed by atoms with van der Waals surface area (Å²) in [6, 6.07) is 4.63. The third-order valence-electron chi connectivity index (χ3n) is 3.64. The van der Waals surface area contributed by atoms with Gasteiger partial charge in [-0.2, -0.15) is 5.26 Å². The van der Waals surface area contributed by atoms with Crippen LogP contribution >= 0.6 is 12.4 Å². The van der Waals surface area contributed by atoms with E-state index in [2.05, 4.69) is 4.72 Å². The summed E-state index contributed by atoms with van der Waals surface area (Å²) in [6.07, 6.45) is 2.58.